The van der Waals surface area contributed by atoms with Gasteiger partial charge in [0.05, 0.1) is 17.6 Å². The minimum atomic E-state index is -0.302. The van der Waals surface area contributed by atoms with Crippen LogP contribution in [-0.4, -0.2) is 56.0 Å². The van der Waals surface area contributed by atoms with Crippen LogP contribution in [-0.2, 0) is 6.54 Å². The first-order valence-electron chi connectivity index (χ1n) is 10.6. The molecule has 1 aliphatic heterocycles. The minimum Gasteiger partial charge on any atom is -0.368 e. The molecule has 164 valence electrons. The van der Waals surface area contributed by atoms with E-state index in [1.54, 1.807) is 12.1 Å². The SMILES string of the molecule is Nc1nc(CN2CCCN(c3nc4ccccc4[nH]3)CC2)nc(Nc2ccc(F)cc2)n1. The molecule has 4 aromatic rings. The van der Waals surface area contributed by atoms with E-state index in [0.29, 0.717) is 24.0 Å². The second-order valence-corrected chi connectivity index (χ2v) is 7.76. The lowest BCUT2D eigenvalue weighted by atomic mass is 10.3. The molecule has 1 aliphatic rings. The molecule has 5 rings (SSSR count). The van der Waals surface area contributed by atoms with Crippen molar-refractivity contribution in [1.82, 2.24) is 29.8 Å². The Morgan fingerprint density at radius 3 is 2.62 bits per heavy atom. The summed E-state index contributed by atoms with van der Waals surface area (Å²) < 4.78 is 13.1. The molecule has 0 spiro atoms. The standard InChI is InChI=1S/C22H24FN9/c23-15-6-8-16(9-7-15)25-21-29-19(28-20(24)30-21)14-31-10-3-11-32(13-12-31)22-26-17-4-1-2-5-18(17)27-22/h1-2,4-9H,3,10-14H2,(H,26,27)(H3,24,25,28,29,30). The minimum absolute atomic E-state index is 0.151. The average Bonchev–Trinajstić information content (AvgIpc) is 3.08. The number of anilines is 4. The number of nitrogens with one attached hydrogen (secondary N) is 2. The average molecular weight is 433 g/mol. The van der Waals surface area contributed by atoms with Gasteiger partial charge in [-0.1, -0.05) is 12.1 Å². The molecular formula is C22H24FN9. The topological polar surface area (TPSA) is 112 Å². The smallest absolute Gasteiger partial charge is 0.232 e. The molecule has 2 aromatic carbocycles. The Morgan fingerprint density at radius 2 is 1.78 bits per heavy atom. The number of aromatic nitrogens is 5. The third-order valence-electron chi connectivity index (χ3n) is 5.43. The highest BCUT2D eigenvalue weighted by molar-refractivity contribution is 5.77. The molecule has 0 bridgehead atoms. The maximum Gasteiger partial charge on any atom is 0.232 e. The van der Waals surface area contributed by atoms with Crippen LogP contribution in [0.1, 0.15) is 12.2 Å². The number of hydrogen-bond acceptors (Lipinski definition) is 8. The molecule has 9 nitrogen and oxygen atoms in total. The maximum atomic E-state index is 13.1. The van der Waals surface area contributed by atoms with Crippen molar-refractivity contribution in [2.45, 2.75) is 13.0 Å². The van der Waals surface area contributed by atoms with Crippen LogP contribution in [0.15, 0.2) is 48.5 Å². The molecule has 0 atom stereocenters. The van der Waals surface area contributed by atoms with Crippen LogP contribution in [0.2, 0.25) is 0 Å². The van der Waals surface area contributed by atoms with Crippen LogP contribution in [0.4, 0.5) is 27.9 Å². The number of para-hydroxylation sites is 2. The number of rotatable bonds is 5. The van der Waals surface area contributed by atoms with E-state index in [2.05, 4.69) is 35.1 Å². The molecule has 2 aromatic heterocycles. The van der Waals surface area contributed by atoms with E-state index in [1.165, 1.54) is 12.1 Å². The summed E-state index contributed by atoms with van der Waals surface area (Å²) in [5.74, 6) is 1.70. The highest BCUT2D eigenvalue weighted by Gasteiger charge is 2.19. The van der Waals surface area contributed by atoms with Gasteiger partial charge >= 0.3 is 0 Å². The van der Waals surface area contributed by atoms with Crippen molar-refractivity contribution in [3.8, 4) is 0 Å². The molecule has 0 amide bonds. The lowest BCUT2D eigenvalue weighted by Crippen LogP contribution is -2.31. The summed E-state index contributed by atoms with van der Waals surface area (Å²) in [6, 6.07) is 14.1. The first kappa shape index (κ1) is 20.1. The molecule has 32 heavy (non-hydrogen) atoms. The first-order valence-corrected chi connectivity index (χ1v) is 10.6. The van der Waals surface area contributed by atoms with Crippen molar-refractivity contribution < 1.29 is 4.39 Å². The monoisotopic (exact) mass is 433 g/mol. The molecule has 1 fully saturated rings. The summed E-state index contributed by atoms with van der Waals surface area (Å²) in [6.45, 7) is 4.11. The molecule has 0 saturated carbocycles. The van der Waals surface area contributed by atoms with E-state index in [9.17, 15) is 4.39 Å². The Morgan fingerprint density at radius 1 is 0.938 bits per heavy atom. The number of halogens is 1. The van der Waals surface area contributed by atoms with E-state index in [1.807, 2.05) is 24.3 Å². The van der Waals surface area contributed by atoms with Crippen LogP contribution in [0.5, 0.6) is 0 Å². The number of imidazole rings is 1. The van der Waals surface area contributed by atoms with Gasteiger partial charge in [0.2, 0.25) is 17.8 Å². The number of nitrogen functional groups attached to an aromatic ring is 1. The molecule has 3 heterocycles. The Balaban J connectivity index is 1.25. The molecule has 0 radical (unpaired) electrons. The third-order valence-corrected chi connectivity index (χ3v) is 5.43. The predicted molar refractivity (Wildman–Crippen MR) is 122 cm³/mol. The van der Waals surface area contributed by atoms with Gasteiger partial charge in [-0.05, 0) is 42.8 Å². The lowest BCUT2D eigenvalue weighted by molar-refractivity contribution is 0.278. The van der Waals surface area contributed by atoms with Gasteiger partial charge in [0.25, 0.3) is 0 Å². The zero-order valence-corrected chi connectivity index (χ0v) is 17.5. The van der Waals surface area contributed by atoms with E-state index in [4.69, 9.17) is 10.7 Å². The van der Waals surface area contributed by atoms with Gasteiger partial charge in [0.1, 0.15) is 11.6 Å². The van der Waals surface area contributed by atoms with Crippen molar-refractivity contribution in [1.29, 1.82) is 0 Å². The summed E-state index contributed by atoms with van der Waals surface area (Å²) >= 11 is 0. The lowest BCUT2D eigenvalue weighted by Gasteiger charge is -2.21. The van der Waals surface area contributed by atoms with Gasteiger partial charge in [0.15, 0.2) is 0 Å². The fourth-order valence-electron chi connectivity index (χ4n) is 3.86. The number of nitrogens with zero attached hydrogens (tertiary/aromatic N) is 6. The first-order chi connectivity index (χ1) is 15.6. The normalized spacial score (nSPS) is 15.1. The molecule has 0 unspecified atom stereocenters. The Bertz CT molecular complexity index is 1170. The Hall–Kier alpha value is -3.79. The van der Waals surface area contributed by atoms with Crippen LogP contribution < -0.4 is 16.0 Å². The third kappa shape index (κ3) is 4.59. The quantitative estimate of drug-likeness (QED) is 0.440. The summed E-state index contributed by atoms with van der Waals surface area (Å²) in [4.78, 5) is 25.7. The van der Waals surface area contributed by atoms with Gasteiger partial charge < -0.3 is 20.9 Å². The van der Waals surface area contributed by atoms with E-state index in [-0.39, 0.29) is 11.8 Å². The Labute approximate surface area is 184 Å². The molecular weight excluding hydrogens is 409 g/mol. The van der Waals surface area contributed by atoms with Crippen LogP contribution in [0.3, 0.4) is 0 Å². The highest BCUT2D eigenvalue weighted by atomic mass is 19.1. The van der Waals surface area contributed by atoms with Crippen molar-refractivity contribution in [2.75, 3.05) is 42.1 Å². The molecule has 4 N–H and O–H groups in total. The van der Waals surface area contributed by atoms with Crippen molar-refractivity contribution >= 4 is 34.6 Å². The summed E-state index contributed by atoms with van der Waals surface area (Å²) in [5, 5.41) is 3.06. The van der Waals surface area contributed by atoms with Crippen molar-refractivity contribution in [3.63, 3.8) is 0 Å². The van der Waals surface area contributed by atoms with Crippen LogP contribution >= 0.6 is 0 Å². The summed E-state index contributed by atoms with van der Waals surface area (Å²) in [6.07, 6.45) is 0.998. The molecule has 1 saturated heterocycles. The zero-order chi connectivity index (χ0) is 21.9. The maximum absolute atomic E-state index is 13.1. The highest BCUT2D eigenvalue weighted by Crippen LogP contribution is 2.19. The van der Waals surface area contributed by atoms with E-state index in [0.717, 1.165) is 49.6 Å². The second kappa shape index (κ2) is 8.75. The number of nitrogens with two attached hydrogens (primary N) is 1. The summed E-state index contributed by atoms with van der Waals surface area (Å²) in [5.41, 5.74) is 8.61. The van der Waals surface area contributed by atoms with Gasteiger partial charge in [-0.15, -0.1) is 0 Å². The fourth-order valence-corrected chi connectivity index (χ4v) is 3.86. The van der Waals surface area contributed by atoms with Crippen LogP contribution in [0.25, 0.3) is 11.0 Å². The Kier molecular flexibility index (Phi) is 5.51. The van der Waals surface area contributed by atoms with Crippen molar-refractivity contribution in [2.24, 2.45) is 0 Å². The number of H-pyrrole nitrogens is 1. The number of hydrogen-bond donors (Lipinski definition) is 3. The van der Waals surface area contributed by atoms with Crippen LogP contribution in [0, 0.1) is 5.82 Å². The number of aromatic amines is 1. The molecule has 0 aliphatic carbocycles. The second-order valence-electron chi connectivity index (χ2n) is 7.76. The number of fused-ring (bicyclic) bond motifs is 1. The van der Waals surface area contributed by atoms with Gasteiger partial charge in [-0.2, -0.15) is 15.0 Å². The van der Waals surface area contributed by atoms with Crippen molar-refractivity contribution in [3.05, 3.63) is 60.2 Å². The van der Waals surface area contributed by atoms with E-state index >= 15 is 0 Å². The summed E-state index contributed by atoms with van der Waals surface area (Å²) in [7, 11) is 0. The van der Waals surface area contributed by atoms with Gasteiger partial charge in [-0.25, -0.2) is 9.37 Å². The van der Waals surface area contributed by atoms with Gasteiger partial charge in [-0.3, -0.25) is 4.90 Å². The molecule has 10 heteroatoms. The van der Waals surface area contributed by atoms with E-state index < -0.39 is 0 Å². The predicted octanol–water partition coefficient (Wildman–Crippen LogP) is 2.93. The zero-order valence-electron chi connectivity index (χ0n) is 17.5. The van der Waals surface area contributed by atoms with Gasteiger partial charge in [0, 0.05) is 31.9 Å². The largest absolute Gasteiger partial charge is 0.368 e. The fraction of sp³-hybridized carbons (Fsp3) is 0.273. The number of benzene rings is 2.